The van der Waals surface area contributed by atoms with Crippen molar-refractivity contribution in [3.05, 3.63) is 47.7 Å². The van der Waals surface area contributed by atoms with Crippen LogP contribution in [0.1, 0.15) is 24.5 Å². The van der Waals surface area contributed by atoms with Gasteiger partial charge in [0.2, 0.25) is 0 Å². The minimum Gasteiger partial charge on any atom is -0.385 e. The van der Waals surface area contributed by atoms with Crippen molar-refractivity contribution in [1.29, 1.82) is 0 Å². The molecule has 2 aromatic rings. The van der Waals surface area contributed by atoms with Gasteiger partial charge in [0, 0.05) is 24.0 Å². The Hall–Kier alpha value is -2.04. The SMILES string of the molecule is CCCNc1ccnc(-c2ccc(C(F)(F)F)cc2C)c1. The maximum atomic E-state index is 12.7. The number of aryl methyl sites for hydroxylation is 1. The molecule has 0 amide bonds. The summed E-state index contributed by atoms with van der Waals surface area (Å²) in [5.41, 5.74) is 2.22. The zero-order valence-electron chi connectivity index (χ0n) is 12.0. The molecule has 0 aliphatic rings. The van der Waals surface area contributed by atoms with Crippen LogP contribution in [0.25, 0.3) is 11.3 Å². The van der Waals surface area contributed by atoms with E-state index in [9.17, 15) is 13.2 Å². The Labute approximate surface area is 122 Å². The Bertz CT molecular complexity index is 621. The highest BCUT2D eigenvalue weighted by Crippen LogP contribution is 2.33. The summed E-state index contributed by atoms with van der Waals surface area (Å²) in [6.07, 6.45) is -1.66. The van der Waals surface area contributed by atoms with Crippen LogP contribution in [-0.2, 0) is 6.18 Å². The minimum absolute atomic E-state index is 0.560. The molecule has 0 saturated heterocycles. The molecule has 0 unspecified atom stereocenters. The molecule has 0 radical (unpaired) electrons. The fourth-order valence-corrected chi connectivity index (χ4v) is 2.08. The van der Waals surface area contributed by atoms with Gasteiger partial charge >= 0.3 is 6.18 Å². The topological polar surface area (TPSA) is 24.9 Å². The third-order valence-electron chi connectivity index (χ3n) is 3.17. The molecule has 0 aliphatic heterocycles. The fraction of sp³-hybridized carbons (Fsp3) is 0.312. The first-order chi connectivity index (χ1) is 9.91. The van der Waals surface area contributed by atoms with Gasteiger partial charge in [-0.05, 0) is 43.2 Å². The maximum absolute atomic E-state index is 12.7. The number of anilines is 1. The number of aromatic nitrogens is 1. The summed E-state index contributed by atoms with van der Waals surface area (Å²) < 4.78 is 38.0. The zero-order chi connectivity index (χ0) is 15.5. The Balaban J connectivity index is 2.34. The molecule has 0 spiro atoms. The Kier molecular flexibility index (Phi) is 4.50. The van der Waals surface area contributed by atoms with Crippen molar-refractivity contribution in [1.82, 2.24) is 4.98 Å². The molecular weight excluding hydrogens is 277 g/mol. The fourth-order valence-electron chi connectivity index (χ4n) is 2.08. The van der Waals surface area contributed by atoms with E-state index in [1.165, 1.54) is 6.07 Å². The Morgan fingerprint density at radius 2 is 1.90 bits per heavy atom. The van der Waals surface area contributed by atoms with Gasteiger partial charge in [0.25, 0.3) is 0 Å². The molecule has 0 fully saturated rings. The molecule has 1 N–H and O–H groups in total. The normalized spacial score (nSPS) is 11.5. The van der Waals surface area contributed by atoms with E-state index in [1.54, 1.807) is 13.1 Å². The second-order valence-electron chi connectivity index (χ2n) is 4.88. The first-order valence-corrected chi connectivity index (χ1v) is 6.80. The highest BCUT2D eigenvalue weighted by molar-refractivity contribution is 5.67. The highest BCUT2D eigenvalue weighted by atomic mass is 19.4. The average molecular weight is 294 g/mol. The van der Waals surface area contributed by atoms with Crippen molar-refractivity contribution < 1.29 is 13.2 Å². The third kappa shape index (κ3) is 3.74. The molecule has 1 heterocycles. The maximum Gasteiger partial charge on any atom is 0.416 e. The minimum atomic E-state index is -4.32. The van der Waals surface area contributed by atoms with E-state index in [2.05, 4.69) is 17.2 Å². The summed E-state index contributed by atoms with van der Waals surface area (Å²) in [7, 11) is 0. The van der Waals surface area contributed by atoms with Crippen LogP contribution in [-0.4, -0.2) is 11.5 Å². The first-order valence-electron chi connectivity index (χ1n) is 6.80. The standard InChI is InChI=1S/C16H17F3N2/c1-3-7-20-13-6-8-21-15(10-13)14-5-4-12(9-11(14)2)16(17,18)19/h4-6,8-10H,3,7H2,1-2H3,(H,20,21). The molecule has 1 aromatic heterocycles. The number of hydrogen-bond acceptors (Lipinski definition) is 2. The molecule has 0 atom stereocenters. The van der Waals surface area contributed by atoms with Crippen molar-refractivity contribution in [2.75, 3.05) is 11.9 Å². The van der Waals surface area contributed by atoms with Crippen molar-refractivity contribution in [3.63, 3.8) is 0 Å². The Morgan fingerprint density at radius 3 is 2.52 bits per heavy atom. The van der Waals surface area contributed by atoms with Crippen LogP contribution in [0.2, 0.25) is 0 Å². The Morgan fingerprint density at radius 1 is 1.14 bits per heavy atom. The van der Waals surface area contributed by atoms with Gasteiger partial charge in [0.1, 0.15) is 0 Å². The highest BCUT2D eigenvalue weighted by Gasteiger charge is 2.30. The van der Waals surface area contributed by atoms with Crippen LogP contribution in [0.3, 0.4) is 0 Å². The average Bonchev–Trinajstić information content (AvgIpc) is 2.44. The predicted octanol–water partition coefficient (Wildman–Crippen LogP) is 4.90. The number of nitrogens with one attached hydrogen (secondary N) is 1. The second-order valence-corrected chi connectivity index (χ2v) is 4.88. The molecule has 5 heteroatoms. The van der Waals surface area contributed by atoms with Gasteiger partial charge in [0.05, 0.1) is 11.3 Å². The van der Waals surface area contributed by atoms with E-state index >= 15 is 0 Å². The summed E-state index contributed by atoms with van der Waals surface area (Å²) in [4.78, 5) is 4.25. The van der Waals surface area contributed by atoms with Crippen LogP contribution in [0.5, 0.6) is 0 Å². The van der Waals surface area contributed by atoms with Crippen molar-refractivity contribution >= 4 is 5.69 Å². The van der Waals surface area contributed by atoms with Gasteiger partial charge in [-0.15, -0.1) is 0 Å². The number of alkyl halides is 3. The summed E-state index contributed by atoms with van der Waals surface area (Å²) in [6, 6.07) is 7.42. The number of halogens is 3. The molecule has 2 rings (SSSR count). The zero-order valence-corrected chi connectivity index (χ0v) is 12.0. The second kappa shape index (κ2) is 6.16. The lowest BCUT2D eigenvalue weighted by atomic mass is 10.0. The molecule has 21 heavy (non-hydrogen) atoms. The summed E-state index contributed by atoms with van der Waals surface area (Å²) in [6.45, 7) is 4.57. The smallest absolute Gasteiger partial charge is 0.385 e. The molecule has 112 valence electrons. The molecule has 2 nitrogen and oxygen atoms in total. The quantitative estimate of drug-likeness (QED) is 0.867. The molecule has 0 saturated carbocycles. The lowest BCUT2D eigenvalue weighted by Gasteiger charge is -2.12. The van der Waals surface area contributed by atoms with Crippen molar-refractivity contribution in [2.45, 2.75) is 26.4 Å². The van der Waals surface area contributed by atoms with Gasteiger partial charge in [-0.3, -0.25) is 4.98 Å². The van der Waals surface area contributed by atoms with Crippen LogP contribution >= 0.6 is 0 Å². The number of nitrogens with zero attached hydrogens (tertiary/aromatic N) is 1. The number of benzene rings is 1. The van der Waals surface area contributed by atoms with E-state index in [4.69, 9.17) is 0 Å². The largest absolute Gasteiger partial charge is 0.416 e. The van der Waals surface area contributed by atoms with Crippen LogP contribution < -0.4 is 5.32 Å². The molecule has 1 aromatic carbocycles. The van der Waals surface area contributed by atoms with Gasteiger partial charge in [-0.2, -0.15) is 13.2 Å². The molecule has 0 aliphatic carbocycles. The number of hydrogen-bond donors (Lipinski definition) is 1. The monoisotopic (exact) mass is 294 g/mol. The number of pyridine rings is 1. The van der Waals surface area contributed by atoms with Gasteiger partial charge < -0.3 is 5.32 Å². The first kappa shape index (κ1) is 15.4. The van der Waals surface area contributed by atoms with E-state index in [-0.39, 0.29) is 0 Å². The van der Waals surface area contributed by atoms with Crippen molar-refractivity contribution in [2.24, 2.45) is 0 Å². The summed E-state index contributed by atoms with van der Waals surface area (Å²) in [5, 5.41) is 3.24. The van der Waals surface area contributed by atoms with E-state index in [0.29, 0.717) is 16.8 Å². The lowest BCUT2D eigenvalue weighted by molar-refractivity contribution is -0.137. The third-order valence-corrected chi connectivity index (χ3v) is 3.17. The van der Waals surface area contributed by atoms with Gasteiger partial charge in [-0.25, -0.2) is 0 Å². The number of rotatable bonds is 4. The molecule has 0 bridgehead atoms. The van der Waals surface area contributed by atoms with E-state index in [0.717, 1.165) is 30.8 Å². The summed E-state index contributed by atoms with van der Waals surface area (Å²) in [5.74, 6) is 0. The van der Waals surface area contributed by atoms with Crippen LogP contribution in [0.4, 0.5) is 18.9 Å². The predicted molar refractivity (Wildman–Crippen MR) is 78.2 cm³/mol. The summed E-state index contributed by atoms with van der Waals surface area (Å²) >= 11 is 0. The van der Waals surface area contributed by atoms with Crippen molar-refractivity contribution in [3.8, 4) is 11.3 Å². The van der Waals surface area contributed by atoms with Crippen LogP contribution in [0, 0.1) is 6.92 Å². The van der Waals surface area contributed by atoms with Crippen LogP contribution in [0.15, 0.2) is 36.5 Å². The van der Waals surface area contributed by atoms with E-state index in [1.807, 2.05) is 12.1 Å². The lowest BCUT2D eigenvalue weighted by Crippen LogP contribution is -2.05. The van der Waals surface area contributed by atoms with E-state index < -0.39 is 11.7 Å². The van der Waals surface area contributed by atoms with Gasteiger partial charge in [-0.1, -0.05) is 13.0 Å². The van der Waals surface area contributed by atoms with Gasteiger partial charge in [0.15, 0.2) is 0 Å². The molecular formula is C16H17F3N2.